The van der Waals surface area contributed by atoms with E-state index in [0.717, 1.165) is 0 Å². The van der Waals surface area contributed by atoms with Crippen LogP contribution in [-0.2, 0) is 4.79 Å². The first-order valence-electron chi connectivity index (χ1n) is 9.20. The number of rotatable bonds is 6. The Morgan fingerprint density at radius 1 is 1.10 bits per heavy atom. The fraction of sp³-hybridized carbons (Fsp3) is 0.174. The Balaban J connectivity index is 1.74. The van der Waals surface area contributed by atoms with Crippen LogP contribution in [0.2, 0.25) is 0 Å². The molecular formula is C23H21N3O2S. The van der Waals surface area contributed by atoms with Gasteiger partial charge in [0.05, 0.1) is 22.4 Å². The molecule has 0 saturated carbocycles. The van der Waals surface area contributed by atoms with Crippen molar-refractivity contribution in [2.75, 3.05) is 11.1 Å². The van der Waals surface area contributed by atoms with E-state index in [2.05, 4.69) is 16.7 Å². The molecule has 0 spiro atoms. The SMILES string of the molecule is CC1=C(C(=O)Nc2ccccc2)[C@@H](C)C(C#N)=C(SCC(=O)c2ccccc2)N1. The van der Waals surface area contributed by atoms with E-state index in [9.17, 15) is 14.9 Å². The van der Waals surface area contributed by atoms with Crippen molar-refractivity contribution in [2.45, 2.75) is 13.8 Å². The second-order valence-corrected chi connectivity index (χ2v) is 7.62. The van der Waals surface area contributed by atoms with Crippen LogP contribution in [0.4, 0.5) is 5.69 Å². The van der Waals surface area contributed by atoms with E-state index in [1.807, 2.05) is 62.4 Å². The predicted molar refractivity (Wildman–Crippen MR) is 116 cm³/mol. The molecule has 2 N–H and O–H groups in total. The molecule has 1 aliphatic heterocycles. The highest BCUT2D eigenvalue weighted by Crippen LogP contribution is 2.34. The smallest absolute Gasteiger partial charge is 0.253 e. The van der Waals surface area contributed by atoms with E-state index >= 15 is 0 Å². The van der Waals surface area contributed by atoms with Gasteiger partial charge < -0.3 is 10.6 Å². The molecule has 2 aromatic rings. The number of carbonyl (C=O) groups excluding carboxylic acids is 2. The lowest BCUT2D eigenvalue weighted by atomic mass is 9.89. The zero-order valence-electron chi connectivity index (χ0n) is 16.2. The molecule has 0 radical (unpaired) electrons. The van der Waals surface area contributed by atoms with Gasteiger partial charge in [-0.1, -0.05) is 67.2 Å². The standard InChI is InChI=1S/C23H21N3O2S/c1-15-19(13-24)23(29-14-20(27)17-9-5-3-6-10-17)25-16(2)21(15)22(28)26-18-11-7-4-8-12-18/h3-12,15,25H,14H2,1-2H3,(H,26,28)/t15-/m0/s1. The van der Waals surface area contributed by atoms with Crippen LogP contribution in [0.25, 0.3) is 0 Å². The van der Waals surface area contributed by atoms with Crippen molar-refractivity contribution in [1.29, 1.82) is 5.26 Å². The number of Topliss-reactive ketones (excluding diaryl/α,β-unsaturated/α-hetero) is 1. The third-order valence-electron chi connectivity index (χ3n) is 4.66. The number of benzene rings is 2. The molecule has 3 rings (SSSR count). The minimum atomic E-state index is -0.376. The second kappa shape index (κ2) is 9.26. The first-order valence-corrected chi connectivity index (χ1v) is 10.2. The third kappa shape index (κ3) is 4.76. The summed E-state index contributed by atoms with van der Waals surface area (Å²) < 4.78 is 0. The highest BCUT2D eigenvalue weighted by Gasteiger charge is 2.30. The van der Waals surface area contributed by atoms with Gasteiger partial charge >= 0.3 is 0 Å². The average Bonchev–Trinajstić information content (AvgIpc) is 2.73. The van der Waals surface area contributed by atoms with Gasteiger partial charge in [0.2, 0.25) is 0 Å². The summed E-state index contributed by atoms with van der Waals surface area (Å²) in [6.07, 6.45) is 0. The van der Waals surface area contributed by atoms with E-state index in [-0.39, 0.29) is 23.4 Å². The number of anilines is 1. The van der Waals surface area contributed by atoms with Crippen LogP contribution in [0, 0.1) is 17.2 Å². The minimum absolute atomic E-state index is 0.0101. The molecule has 1 aliphatic rings. The van der Waals surface area contributed by atoms with Crippen LogP contribution in [-0.4, -0.2) is 17.4 Å². The molecule has 0 aliphatic carbocycles. The number of allylic oxidation sites excluding steroid dienone is 2. The molecule has 1 amide bonds. The van der Waals surface area contributed by atoms with Gasteiger partial charge in [-0.15, -0.1) is 0 Å². The molecule has 0 bridgehead atoms. The van der Waals surface area contributed by atoms with Crippen LogP contribution < -0.4 is 10.6 Å². The summed E-state index contributed by atoms with van der Waals surface area (Å²) in [7, 11) is 0. The van der Waals surface area contributed by atoms with Gasteiger partial charge in [0.25, 0.3) is 5.91 Å². The molecule has 0 aromatic heterocycles. The molecule has 1 atom stereocenters. The maximum Gasteiger partial charge on any atom is 0.253 e. The van der Waals surface area contributed by atoms with Crippen LogP contribution in [0.5, 0.6) is 0 Å². The Hall–Kier alpha value is -3.30. The topological polar surface area (TPSA) is 82.0 Å². The molecule has 0 unspecified atom stereocenters. The van der Waals surface area contributed by atoms with Gasteiger partial charge in [-0.3, -0.25) is 9.59 Å². The Morgan fingerprint density at radius 2 is 1.72 bits per heavy atom. The molecule has 0 saturated heterocycles. The highest BCUT2D eigenvalue weighted by molar-refractivity contribution is 8.03. The average molecular weight is 404 g/mol. The van der Waals surface area contributed by atoms with Crippen molar-refractivity contribution in [2.24, 2.45) is 5.92 Å². The van der Waals surface area contributed by atoms with Crippen molar-refractivity contribution >= 4 is 29.1 Å². The quantitative estimate of drug-likeness (QED) is 0.695. The van der Waals surface area contributed by atoms with Crippen molar-refractivity contribution < 1.29 is 9.59 Å². The number of hydrogen-bond donors (Lipinski definition) is 2. The van der Waals surface area contributed by atoms with Gasteiger partial charge in [0.15, 0.2) is 5.78 Å². The van der Waals surface area contributed by atoms with Crippen molar-refractivity contribution in [1.82, 2.24) is 5.32 Å². The number of nitrogens with zero attached hydrogens (tertiary/aromatic N) is 1. The molecule has 29 heavy (non-hydrogen) atoms. The number of dihydropyridines is 1. The summed E-state index contributed by atoms with van der Waals surface area (Å²) in [5.41, 5.74) is 2.99. The van der Waals surface area contributed by atoms with Gasteiger partial charge in [0.1, 0.15) is 0 Å². The molecule has 146 valence electrons. The first kappa shape index (κ1) is 20.4. The van der Waals surface area contributed by atoms with Gasteiger partial charge in [-0.05, 0) is 19.1 Å². The number of hydrogen-bond acceptors (Lipinski definition) is 5. The third-order valence-corrected chi connectivity index (χ3v) is 5.67. The first-order chi connectivity index (χ1) is 14.0. The lowest BCUT2D eigenvalue weighted by Gasteiger charge is -2.27. The number of thioether (sulfide) groups is 1. The summed E-state index contributed by atoms with van der Waals surface area (Å²) >= 11 is 1.29. The number of carbonyl (C=O) groups is 2. The van der Waals surface area contributed by atoms with E-state index in [1.165, 1.54) is 11.8 Å². The normalized spacial score (nSPS) is 16.1. The Bertz CT molecular complexity index is 1020. The summed E-state index contributed by atoms with van der Waals surface area (Å²) in [5, 5.41) is 16.3. The fourth-order valence-corrected chi connectivity index (χ4v) is 4.21. The van der Waals surface area contributed by atoms with E-state index in [1.54, 1.807) is 12.1 Å². The highest BCUT2D eigenvalue weighted by atomic mass is 32.2. The minimum Gasteiger partial charge on any atom is -0.353 e. The maximum atomic E-state index is 12.8. The summed E-state index contributed by atoms with van der Waals surface area (Å²) in [5.74, 6) is -0.419. The number of nitriles is 1. The van der Waals surface area contributed by atoms with E-state index < -0.39 is 0 Å². The number of nitrogens with one attached hydrogen (secondary N) is 2. The Labute approximate surface area is 174 Å². The van der Waals surface area contributed by atoms with Gasteiger partial charge in [-0.2, -0.15) is 5.26 Å². The molecule has 5 nitrogen and oxygen atoms in total. The van der Waals surface area contributed by atoms with Crippen molar-refractivity contribution in [3.63, 3.8) is 0 Å². The summed E-state index contributed by atoms with van der Waals surface area (Å²) in [4.78, 5) is 25.2. The number of ketones is 1. The van der Waals surface area contributed by atoms with Gasteiger partial charge in [-0.25, -0.2) is 0 Å². The maximum absolute atomic E-state index is 12.8. The molecule has 1 heterocycles. The Morgan fingerprint density at radius 3 is 2.34 bits per heavy atom. The lowest BCUT2D eigenvalue weighted by molar-refractivity contribution is -0.113. The van der Waals surface area contributed by atoms with Crippen molar-refractivity contribution in [3.05, 3.63) is 88.1 Å². The molecule has 6 heteroatoms. The monoisotopic (exact) mass is 403 g/mol. The van der Waals surface area contributed by atoms with E-state index in [4.69, 9.17) is 0 Å². The largest absolute Gasteiger partial charge is 0.353 e. The van der Waals surface area contributed by atoms with E-state index in [0.29, 0.717) is 33.1 Å². The number of amides is 1. The van der Waals surface area contributed by atoms with Crippen molar-refractivity contribution in [3.8, 4) is 6.07 Å². The van der Waals surface area contributed by atoms with Crippen LogP contribution in [0.1, 0.15) is 24.2 Å². The lowest BCUT2D eigenvalue weighted by Crippen LogP contribution is -2.30. The molecular weight excluding hydrogens is 382 g/mol. The van der Waals surface area contributed by atoms with Crippen LogP contribution in [0.15, 0.2) is 82.5 Å². The number of para-hydroxylation sites is 1. The van der Waals surface area contributed by atoms with Crippen LogP contribution in [0.3, 0.4) is 0 Å². The zero-order valence-corrected chi connectivity index (χ0v) is 17.0. The summed E-state index contributed by atoms with van der Waals surface area (Å²) in [6.45, 7) is 3.65. The molecule has 2 aromatic carbocycles. The predicted octanol–water partition coefficient (Wildman–Crippen LogP) is 4.49. The second-order valence-electron chi connectivity index (χ2n) is 6.64. The summed E-state index contributed by atoms with van der Waals surface area (Å²) in [6, 6.07) is 20.5. The Kier molecular flexibility index (Phi) is 6.53. The zero-order chi connectivity index (χ0) is 20.8. The molecule has 0 fully saturated rings. The van der Waals surface area contributed by atoms with Gasteiger partial charge in [0, 0.05) is 28.4 Å². The van der Waals surface area contributed by atoms with Crippen LogP contribution >= 0.6 is 11.8 Å². The fourth-order valence-electron chi connectivity index (χ4n) is 3.16.